The fraction of sp³-hybridized carbons (Fsp3) is 0.154. The third-order valence-corrected chi connectivity index (χ3v) is 2.63. The third kappa shape index (κ3) is 2.51. The summed E-state index contributed by atoms with van der Waals surface area (Å²) in [6, 6.07) is 7.09. The van der Waals surface area contributed by atoms with Crippen LogP contribution in [-0.2, 0) is 12.7 Å². The van der Waals surface area contributed by atoms with Crippen LogP contribution < -0.4 is 5.73 Å². The molecule has 0 fully saturated rings. The number of nitrogens with two attached hydrogens (primary N) is 1. The van der Waals surface area contributed by atoms with Crippen molar-refractivity contribution in [1.82, 2.24) is 4.98 Å². The zero-order valence-electron chi connectivity index (χ0n) is 9.41. The Hall–Kier alpha value is -1.88. The van der Waals surface area contributed by atoms with E-state index in [0.29, 0.717) is 11.1 Å². The molecule has 2 N–H and O–H groups in total. The molecule has 2 nitrogen and oxygen atoms in total. The molecule has 0 bridgehead atoms. The maximum atomic E-state index is 12.6. The second-order valence-corrected chi connectivity index (χ2v) is 3.82. The monoisotopic (exact) mass is 252 g/mol. The van der Waals surface area contributed by atoms with E-state index in [-0.39, 0.29) is 6.54 Å². The van der Waals surface area contributed by atoms with E-state index in [1.165, 1.54) is 6.07 Å². The number of nitrogens with zero attached hydrogens (tertiary/aromatic N) is 1. The van der Waals surface area contributed by atoms with E-state index in [9.17, 15) is 13.2 Å². The van der Waals surface area contributed by atoms with Crippen LogP contribution in [0.25, 0.3) is 11.1 Å². The Bertz CT molecular complexity index is 536. The Morgan fingerprint density at radius 3 is 2.50 bits per heavy atom. The topological polar surface area (TPSA) is 38.9 Å². The van der Waals surface area contributed by atoms with Gasteiger partial charge in [0.2, 0.25) is 0 Å². The van der Waals surface area contributed by atoms with Crippen molar-refractivity contribution in [3.63, 3.8) is 0 Å². The first-order valence-corrected chi connectivity index (χ1v) is 5.33. The molecular formula is C13H11F3N2. The summed E-state index contributed by atoms with van der Waals surface area (Å²) in [5, 5.41) is 0. The summed E-state index contributed by atoms with van der Waals surface area (Å²) in [6.45, 7) is 0.0497. The number of alkyl halides is 3. The van der Waals surface area contributed by atoms with Crippen LogP contribution in [0.4, 0.5) is 13.2 Å². The fourth-order valence-electron chi connectivity index (χ4n) is 1.74. The van der Waals surface area contributed by atoms with Gasteiger partial charge >= 0.3 is 6.18 Å². The van der Waals surface area contributed by atoms with E-state index in [1.54, 1.807) is 24.5 Å². The van der Waals surface area contributed by atoms with E-state index in [4.69, 9.17) is 5.73 Å². The first-order valence-electron chi connectivity index (χ1n) is 5.33. The first-order chi connectivity index (χ1) is 8.52. The summed E-state index contributed by atoms with van der Waals surface area (Å²) in [5.74, 6) is 0. The van der Waals surface area contributed by atoms with Crippen LogP contribution >= 0.6 is 0 Å². The number of hydrogen-bond donors (Lipinski definition) is 1. The first kappa shape index (κ1) is 12.6. The third-order valence-electron chi connectivity index (χ3n) is 2.63. The van der Waals surface area contributed by atoms with Crippen molar-refractivity contribution < 1.29 is 13.2 Å². The lowest BCUT2D eigenvalue weighted by molar-refractivity contribution is -0.137. The minimum Gasteiger partial charge on any atom is -0.326 e. The molecule has 0 radical (unpaired) electrons. The number of hydrogen-bond acceptors (Lipinski definition) is 2. The van der Waals surface area contributed by atoms with Crippen LogP contribution in [0.5, 0.6) is 0 Å². The Morgan fingerprint density at radius 2 is 1.94 bits per heavy atom. The van der Waals surface area contributed by atoms with Crippen molar-refractivity contribution in [2.75, 3.05) is 0 Å². The Labute approximate surface area is 102 Å². The van der Waals surface area contributed by atoms with Gasteiger partial charge in [-0.25, -0.2) is 0 Å². The SMILES string of the molecule is NCc1cc(C(F)(F)F)ccc1-c1cccnc1. The number of aromatic nitrogens is 1. The van der Waals surface area contributed by atoms with Gasteiger partial charge in [-0.05, 0) is 29.3 Å². The van der Waals surface area contributed by atoms with E-state index in [0.717, 1.165) is 17.7 Å². The molecule has 0 saturated heterocycles. The zero-order chi connectivity index (χ0) is 13.2. The second-order valence-electron chi connectivity index (χ2n) is 3.82. The van der Waals surface area contributed by atoms with Gasteiger partial charge in [0, 0.05) is 24.5 Å². The maximum Gasteiger partial charge on any atom is 0.416 e. The molecule has 2 aromatic rings. The molecule has 0 aliphatic carbocycles. The summed E-state index contributed by atoms with van der Waals surface area (Å²) in [4.78, 5) is 3.94. The van der Waals surface area contributed by atoms with E-state index < -0.39 is 11.7 Å². The van der Waals surface area contributed by atoms with Crippen molar-refractivity contribution in [2.45, 2.75) is 12.7 Å². The molecule has 0 spiro atoms. The predicted octanol–water partition coefficient (Wildman–Crippen LogP) is 3.23. The van der Waals surface area contributed by atoms with Crippen LogP contribution in [0.2, 0.25) is 0 Å². The number of pyridine rings is 1. The van der Waals surface area contributed by atoms with Crippen molar-refractivity contribution in [3.8, 4) is 11.1 Å². The summed E-state index contributed by atoms with van der Waals surface area (Å²) in [7, 11) is 0. The van der Waals surface area contributed by atoms with Crippen LogP contribution in [0.15, 0.2) is 42.7 Å². The van der Waals surface area contributed by atoms with Gasteiger partial charge in [0.25, 0.3) is 0 Å². The van der Waals surface area contributed by atoms with Gasteiger partial charge in [0.15, 0.2) is 0 Å². The second kappa shape index (κ2) is 4.78. The van der Waals surface area contributed by atoms with Crippen molar-refractivity contribution in [2.24, 2.45) is 5.73 Å². The van der Waals surface area contributed by atoms with Gasteiger partial charge in [0.05, 0.1) is 5.56 Å². The molecule has 2 rings (SSSR count). The highest BCUT2D eigenvalue weighted by Crippen LogP contribution is 2.33. The van der Waals surface area contributed by atoms with Gasteiger partial charge in [-0.1, -0.05) is 12.1 Å². The normalized spacial score (nSPS) is 11.6. The van der Waals surface area contributed by atoms with Crippen LogP contribution in [0.3, 0.4) is 0 Å². The molecule has 1 aromatic heterocycles. The molecule has 0 aliphatic heterocycles. The number of rotatable bonds is 2. The molecule has 0 saturated carbocycles. The van der Waals surface area contributed by atoms with Crippen molar-refractivity contribution in [1.29, 1.82) is 0 Å². The molecule has 1 aromatic carbocycles. The van der Waals surface area contributed by atoms with E-state index in [1.807, 2.05) is 0 Å². The van der Waals surface area contributed by atoms with Crippen molar-refractivity contribution in [3.05, 3.63) is 53.9 Å². The van der Waals surface area contributed by atoms with Crippen LogP contribution in [0.1, 0.15) is 11.1 Å². The largest absolute Gasteiger partial charge is 0.416 e. The zero-order valence-corrected chi connectivity index (χ0v) is 9.41. The smallest absolute Gasteiger partial charge is 0.326 e. The predicted molar refractivity (Wildman–Crippen MR) is 62.6 cm³/mol. The number of benzene rings is 1. The van der Waals surface area contributed by atoms with Crippen LogP contribution in [0, 0.1) is 0 Å². The summed E-state index contributed by atoms with van der Waals surface area (Å²) in [5.41, 5.74) is 6.72. The van der Waals surface area contributed by atoms with Gasteiger partial charge in [0.1, 0.15) is 0 Å². The quantitative estimate of drug-likeness (QED) is 0.891. The highest BCUT2D eigenvalue weighted by Gasteiger charge is 2.30. The van der Waals surface area contributed by atoms with Crippen molar-refractivity contribution >= 4 is 0 Å². The Balaban J connectivity index is 2.51. The number of halogens is 3. The molecule has 94 valence electrons. The minimum atomic E-state index is -4.35. The Morgan fingerprint density at radius 1 is 1.17 bits per heavy atom. The molecule has 0 amide bonds. The summed E-state index contributed by atoms with van der Waals surface area (Å²) in [6.07, 6.45) is -1.14. The lowest BCUT2D eigenvalue weighted by Gasteiger charge is -2.12. The average Bonchev–Trinajstić information content (AvgIpc) is 2.38. The highest BCUT2D eigenvalue weighted by molar-refractivity contribution is 5.67. The van der Waals surface area contributed by atoms with E-state index >= 15 is 0 Å². The van der Waals surface area contributed by atoms with Gasteiger partial charge in [-0.15, -0.1) is 0 Å². The average molecular weight is 252 g/mol. The van der Waals surface area contributed by atoms with Crippen LogP contribution in [-0.4, -0.2) is 4.98 Å². The molecule has 0 unspecified atom stereocenters. The summed E-state index contributed by atoms with van der Waals surface area (Å²) < 4.78 is 37.8. The highest BCUT2D eigenvalue weighted by atomic mass is 19.4. The molecule has 0 atom stereocenters. The lowest BCUT2D eigenvalue weighted by atomic mass is 9.98. The van der Waals surface area contributed by atoms with E-state index in [2.05, 4.69) is 4.98 Å². The van der Waals surface area contributed by atoms with Gasteiger partial charge in [-0.3, -0.25) is 4.98 Å². The fourth-order valence-corrected chi connectivity index (χ4v) is 1.74. The standard InChI is InChI=1S/C13H11F3N2/c14-13(15,16)11-3-4-12(10(6-11)7-17)9-2-1-5-18-8-9/h1-6,8H,7,17H2. The van der Waals surface area contributed by atoms with Gasteiger partial charge < -0.3 is 5.73 Å². The summed E-state index contributed by atoms with van der Waals surface area (Å²) >= 11 is 0. The molecule has 0 aliphatic rings. The molecule has 1 heterocycles. The molecular weight excluding hydrogens is 241 g/mol. The molecule has 5 heteroatoms. The van der Waals surface area contributed by atoms with Gasteiger partial charge in [-0.2, -0.15) is 13.2 Å². The lowest BCUT2D eigenvalue weighted by Crippen LogP contribution is -2.08. The maximum absolute atomic E-state index is 12.6. The Kier molecular flexibility index (Phi) is 3.34. The minimum absolute atomic E-state index is 0.0497. The molecule has 18 heavy (non-hydrogen) atoms.